The molecule has 0 aromatic heterocycles. The van der Waals surface area contributed by atoms with Crippen molar-refractivity contribution in [2.75, 3.05) is 0 Å². The highest BCUT2D eigenvalue weighted by atomic mass is 19.1. The van der Waals surface area contributed by atoms with E-state index in [-0.39, 0.29) is 0 Å². The van der Waals surface area contributed by atoms with E-state index in [2.05, 4.69) is 12.1 Å². The van der Waals surface area contributed by atoms with Gasteiger partial charge in [-0.05, 0) is 35.7 Å². The van der Waals surface area contributed by atoms with Crippen molar-refractivity contribution in [3.63, 3.8) is 0 Å². The van der Waals surface area contributed by atoms with Crippen molar-refractivity contribution in [1.29, 1.82) is 0 Å². The van der Waals surface area contributed by atoms with E-state index < -0.39 is 11.6 Å². The van der Waals surface area contributed by atoms with Crippen LogP contribution in [0.25, 0.3) is 10.8 Å². The van der Waals surface area contributed by atoms with Crippen LogP contribution in [0.4, 0.5) is 8.78 Å². The minimum Gasteiger partial charge on any atom is -0.206 e. The third-order valence-corrected chi connectivity index (χ3v) is 1.65. The lowest BCUT2D eigenvalue weighted by Crippen LogP contribution is -1.80. The highest BCUT2D eigenvalue weighted by Crippen LogP contribution is 2.17. The van der Waals surface area contributed by atoms with Gasteiger partial charge in [0.15, 0.2) is 0 Å². The predicted octanol–water partition coefficient (Wildman–Crippen LogP) is 2.72. The summed E-state index contributed by atoms with van der Waals surface area (Å²) < 4.78 is 25.5. The first-order chi connectivity index (χ1) is 5.77. The van der Waals surface area contributed by atoms with E-state index in [9.17, 15) is 8.78 Å². The molecule has 0 spiro atoms. The molecule has 0 fully saturated rings. The fourth-order valence-corrected chi connectivity index (χ4v) is 1.09. The third-order valence-electron chi connectivity index (χ3n) is 1.65. The van der Waals surface area contributed by atoms with E-state index in [1.807, 2.05) is 0 Å². The molecule has 0 unspecified atom stereocenters. The normalized spacial score (nSPS) is 10.5. The van der Waals surface area contributed by atoms with Gasteiger partial charge in [0, 0.05) is 11.5 Å². The summed E-state index contributed by atoms with van der Waals surface area (Å²) in [5.74, 6) is -0.884. The SMILES string of the molecule is Fc1[c]cc2c(F)c[c]cc2c1. The standard InChI is InChI=1S/C10H4F2/c11-8-4-5-9-7(6-8)2-1-3-10(9)12/h2-3,5-6H. The summed E-state index contributed by atoms with van der Waals surface area (Å²) in [6.45, 7) is 0. The molecule has 2 rings (SSSR count). The largest absolute Gasteiger partial charge is 0.206 e. The lowest BCUT2D eigenvalue weighted by Gasteiger charge is -1.96. The Balaban J connectivity index is 2.86. The molecule has 0 aliphatic heterocycles. The zero-order chi connectivity index (χ0) is 8.55. The van der Waals surface area contributed by atoms with Crippen molar-refractivity contribution in [3.05, 3.63) is 48.0 Å². The Morgan fingerprint density at radius 2 is 1.92 bits per heavy atom. The molecule has 12 heavy (non-hydrogen) atoms. The zero-order valence-corrected chi connectivity index (χ0v) is 6.07. The Hall–Kier alpha value is -1.44. The van der Waals surface area contributed by atoms with Gasteiger partial charge in [-0.1, -0.05) is 0 Å². The van der Waals surface area contributed by atoms with Crippen LogP contribution < -0.4 is 0 Å². The maximum atomic E-state index is 12.9. The van der Waals surface area contributed by atoms with E-state index in [0.717, 1.165) is 0 Å². The van der Waals surface area contributed by atoms with Gasteiger partial charge in [0.25, 0.3) is 0 Å². The third kappa shape index (κ3) is 1.05. The van der Waals surface area contributed by atoms with Crippen molar-refractivity contribution >= 4 is 10.8 Å². The van der Waals surface area contributed by atoms with Gasteiger partial charge in [0.05, 0.1) is 0 Å². The van der Waals surface area contributed by atoms with Gasteiger partial charge in [-0.25, -0.2) is 8.78 Å². The average Bonchev–Trinajstić information content (AvgIpc) is 2.04. The van der Waals surface area contributed by atoms with Crippen molar-refractivity contribution in [3.8, 4) is 0 Å². The average molecular weight is 162 g/mol. The Kier molecular flexibility index (Phi) is 1.54. The monoisotopic (exact) mass is 162 g/mol. The zero-order valence-electron chi connectivity index (χ0n) is 6.07. The van der Waals surface area contributed by atoms with E-state index in [4.69, 9.17) is 0 Å². The second-order valence-corrected chi connectivity index (χ2v) is 2.45. The first-order valence-corrected chi connectivity index (χ1v) is 3.44. The van der Waals surface area contributed by atoms with Crippen molar-refractivity contribution in [2.45, 2.75) is 0 Å². The summed E-state index contributed by atoms with van der Waals surface area (Å²) in [5.41, 5.74) is 0. The number of hydrogen-bond donors (Lipinski definition) is 0. The Bertz CT molecular complexity index is 421. The predicted molar refractivity (Wildman–Crippen MR) is 41.5 cm³/mol. The summed E-state index contributed by atoms with van der Waals surface area (Å²) in [6.07, 6.45) is 0. The van der Waals surface area contributed by atoms with Gasteiger partial charge in [0.2, 0.25) is 0 Å². The van der Waals surface area contributed by atoms with Crippen LogP contribution in [0.1, 0.15) is 0 Å². The van der Waals surface area contributed by atoms with E-state index in [1.165, 1.54) is 24.3 Å². The molecule has 2 heteroatoms. The van der Waals surface area contributed by atoms with Crippen molar-refractivity contribution in [2.24, 2.45) is 0 Å². The maximum Gasteiger partial charge on any atom is 0.131 e. The van der Waals surface area contributed by atoms with E-state index in [0.29, 0.717) is 10.8 Å². The van der Waals surface area contributed by atoms with Gasteiger partial charge in [0.1, 0.15) is 11.6 Å². The fourth-order valence-electron chi connectivity index (χ4n) is 1.09. The summed E-state index contributed by atoms with van der Waals surface area (Å²) in [5, 5.41) is 0.876. The molecule has 0 heterocycles. The van der Waals surface area contributed by atoms with Gasteiger partial charge in [-0.2, -0.15) is 0 Å². The second kappa shape index (κ2) is 2.55. The van der Waals surface area contributed by atoms with Gasteiger partial charge < -0.3 is 0 Å². The van der Waals surface area contributed by atoms with Gasteiger partial charge in [-0.3, -0.25) is 0 Å². The summed E-state index contributed by atoms with van der Waals surface area (Å²) in [4.78, 5) is 0. The van der Waals surface area contributed by atoms with Crippen LogP contribution in [0, 0.1) is 23.8 Å². The Morgan fingerprint density at radius 3 is 2.75 bits per heavy atom. The van der Waals surface area contributed by atoms with Crippen molar-refractivity contribution < 1.29 is 8.78 Å². The molecule has 0 saturated heterocycles. The summed E-state index contributed by atoms with van der Waals surface area (Å²) >= 11 is 0. The van der Waals surface area contributed by atoms with E-state index >= 15 is 0 Å². The molecule has 0 N–H and O–H groups in total. The van der Waals surface area contributed by atoms with Crippen LogP contribution in [0.3, 0.4) is 0 Å². The second-order valence-electron chi connectivity index (χ2n) is 2.45. The molecular formula is C10H4F2. The summed E-state index contributed by atoms with van der Waals surface area (Å²) in [6, 6.07) is 10.2. The molecule has 2 aromatic rings. The number of fused-ring (bicyclic) bond motifs is 1. The molecule has 0 aliphatic rings. The maximum absolute atomic E-state index is 12.9. The van der Waals surface area contributed by atoms with E-state index in [1.54, 1.807) is 0 Å². The van der Waals surface area contributed by atoms with Crippen LogP contribution in [-0.2, 0) is 0 Å². The van der Waals surface area contributed by atoms with Crippen molar-refractivity contribution in [1.82, 2.24) is 0 Å². The molecule has 58 valence electrons. The van der Waals surface area contributed by atoms with Gasteiger partial charge >= 0.3 is 0 Å². The molecule has 0 aliphatic carbocycles. The number of rotatable bonds is 0. The Labute approximate surface area is 68.4 Å². The number of hydrogen-bond acceptors (Lipinski definition) is 0. The quantitative estimate of drug-likeness (QED) is 0.558. The highest BCUT2D eigenvalue weighted by Gasteiger charge is 2.00. The molecule has 2 aromatic carbocycles. The molecule has 0 nitrogen and oxygen atoms in total. The smallest absolute Gasteiger partial charge is 0.131 e. The fraction of sp³-hybridized carbons (Fsp3) is 0. The highest BCUT2D eigenvalue weighted by molar-refractivity contribution is 5.82. The summed E-state index contributed by atoms with van der Waals surface area (Å²) in [7, 11) is 0. The molecule has 0 bridgehead atoms. The van der Waals surface area contributed by atoms with Crippen LogP contribution >= 0.6 is 0 Å². The minimum atomic E-state index is -0.485. The first kappa shape index (κ1) is 7.22. The molecule has 0 atom stereocenters. The van der Waals surface area contributed by atoms with Gasteiger partial charge in [-0.15, -0.1) is 0 Å². The minimum absolute atomic E-state index is 0.371. The van der Waals surface area contributed by atoms with Crippen LogP contribution in [0.5, 0.6) is 0 Å². The lowest BCUT2D eigenvalue weighted by atomic mass is 10.1. The first-order valence-electron chi connectivity index (χ1n) is 3.44. The Morgan fingerprint density at radius 1 is 1.08 bits per heavy atom. The van der Waals surface area contributed by atoms with Crippen LogP contribution in [-0.4, -0.2) is 0 Å². The molecular weight excluding hydrogens is 158 g/mol. The number of halogens is 2. The molecule has 0 saturated carbocycles. The topological polar surface area (TPSA) is 0 Å². The molecule has 2 radical (unpaired) electrons. The lowest BCUT2D eigenvalue weighted by molar-refractivity contribution is 0.625. The molecule has 0 amide bonds. The van der Waals surface area contributed by atoms with Crippen LogP contribution in [0.15, 0.2) is 24.3 Å². The number of benzene rings is 2. The van der Waals surface area contributed by atoms with Crippen LogP contribution in [0.2, 0.25) is 0 Å².